The highest BCUT2D eigenvalue weighted by Crippen LogP contribution is 2.21. The van der Waals surface area contributed by atoms with E-state index in [1.54, 1.807) is 6.07 Å². The molecule has 2 aromatic rings. The lowest BCUT2D eigenvalue weighted by Crippen LogP contribution is -2.05. The number of carbonyl (C=O) groups excluding carboxylic acids is 1. The second-order valence-corrected chi connectivity index (χ2v) is 4.50. The number of anilines is 1. The Kier molecular flexibility index (Phi) is 4.42. The van der Waals surface area contributed by atoms with Gasteiger partial charge in [0.1, 0.15) is 12.4 Å². The van der Waals surface area contributed by atoms with Gasteiger partial charge in [-0.3, -0.25) is 4.79 Å². The van der Waals surface area contributed by atoms with Crippen LogP contribution in [0.5, 0.6) is 5.75 Å². The Balaban J connectivity index is 2.03. The number of ether oxygens (including phenoxy) is 1. The molecule has 0 saturated heterocycles. The van der Waals surface area contributed by atoms with Gasteiger partial charge in [-0.05, 0) is 18.2 Å². The lowest BCUT2D eigenvalue weighted by atomic mass is 10.2. The molecule has 0 heterocycles. The zero-order valence-electron chi connectivity index (χ0n) is 10.5. The Morgan fingerprint density at radius 1 is 1.21 bits per heavy atom. The second-order valence-electron chi connectivity index (χ2n) is 4.09. The van der Waals surface area contributed by atoms with E-state index in [2.05, 4.69) is 5.32 Å². The van der Waals surface area contributed by atoms with E-state index in [1.807, 2.05) is 42.5 Å². The van der Waals surface area contributed by atoms with Crippen LogP contribution in [-0.2, 0) is 11.4 Å². The Hall–Kier alpha value is -2.00. The predicted molar refractivity (Wildman–Crippen MR) is 76.5 cm³/mol. The van der Waals surface area contributed by atoms with Gasteiger partial charge in [-0.25, -0.2) is 0 Å². The highest BCUT2D eigenvalue weighted by atomic mass is 35.5. The fourth-order valence-corrected chi connectivity index (χ4v) is 1.83. The van der Waals surface area contributed by atoms with Crippen molar-refractivity contribution in [2.45, 2.75) is 13.5 Å². The van der Waals surface area contributed by atoms with Crippen LogP contribution in [0.25, 0.3) is 0 Å². The summed E-state index contributed by atoms with van der Waals surface area (Å²) in [5, 5.41) is 3.39. The summed E-state index contributed by atoms with van der Waals surface area (Å²) in [6.45, 7) is 1.86. The largest absolute Gasteiger partial charge is 0.489 e. The van der Waals surface area contributed by atoms with Gasteiger partial charge in [0.05, 0.1) is 0 Å². The fourth-order valence-electron chi connectivity index (χ4n) is 1.64. The Morgan fingerprint density at radius 2 is 2.00 bits per heavy atom. The molecular formula is C15H14ClNO2. The van der Waals surface area contributed by atoms with Gasteiger partial charge in [-0.1, -0.05) is 35.9 Å². The van der Waals surface area contributed by atoms with Crippen LogP contribution in [0.15, 0.2) is 48.5 Å². The average Bonchev–Trinajstić information content (AvgIpc) is 2.37. The molecule has 0 saturated carbocycles. The first-order valence-corrected chi connectivity index (χ1v) is 6.27. The molecule has 0 bridgehead atoms. The van der Waals surface area contributed by atoms with E-state index in [0.29, 0.717) is 23.1 Å². The van der Waals surface area contributed by atoms with Gasteiger partial charge >= 0.3 is 0 Å². The maximum absolute atomic E-state index is 11.0. The van der Waals surface area contributed by atoms with E-state index < -0.39 is 0 Å². The Bertz CT molecular complexity index is 584. The third kappa shape index (κ3) is 4.00. The van der Waals surface area contributed by atoms with Crippen molar-refractivity contribution in [3.8, 4) is 5.75 Å². The molecular weight excluding hydrogens is 262 g/mol. The van der Waals surface area contributed by atoms with Gasteiger partial charge in [-0.2, -0.15) is 0 Å². The Labute approximate surface area is 117 Å². The van der Waals surface area contributed by atoms with Gasteiger partial charge in [0.2, 0.25) is 5.91 Å². The lowest BCUT2D eigenvalue weighted by Gasteiger charge is -2.09. The molecule has 1 amide bonds. The standard InChI is InChI=1S/C15H14ClNO2/c1-11(18)17-13-6-4-7-14(9-13)19-10-12-5-2-3-8-15(12)16/h2-9H,10H2,1H3,(H,17,18). The maximum Gasteiger partial charge on any atom is 0.221 e. The van der Waals surface area contributed by atoms with Gasteiger partial charge < -0.3 is 10.1 Å². The van der Waals surface area contributed by atoms with Gasteiger partial charge in [0, 0.05) is 29.3 Å². The fraction of sp³-hybridized carbons (Fsp3) is 0.133. The van der Waals surface area contributed by atoms with Crippen molar-refractivity contribution in [3.05, 3.63) is 59.1 Å². The van der Waals surface area contributed by atoms with Crippen LogP contribution in [-0.4, -0.2) is 5.91 Å². The van der Waals surface area contributed by atoms with Crippen molar-refractivity contribution in [3.63, 3.8) is 0 Å². The lowest BCUT2D eigenvalue weighted by molar-refractivity contribution is -0.114. The summed E-state index contributed by atoms with van der Waals surface area (Å²) in [7, 11) is 0. The SMILES string of the molecule is CC(=O)Nc1cccc(OCc2ccccc2Cl)c1. The minimum absolute atomic E-state index is 0.108. The van der Waals surface area contributed by atoms with Crippen molar-refractivity contribution in [2.75, 3.05) is 5.32 Å². The first-order chi connectivity index (χ1) is 9.15. The van der Waals surface area contributed by atoms with Gasteiger partial charge in [0.15, 0.2) is 0 Å². The first kappa shape index (κ1) is 13.4. The summed E-state index contributed by atoms with van der Waals surface area (Å²) in [5.74, 6) is 0.578. The number of rotatable bonds is 4. The molecule has 0 aliphatic rings. The van der Waals surface area contributed by atoms with E-state index in [9.17, 15) is 4.79 Å². The molecule has 98 valence electrons. The number of hydrogen-bond donors (Lipinski definition) is 1. The molecule has 1 N–H and O–H groups in total. The zero-order valence-corrected chi connectivity index (χ0v) is 11.3. The van der Waals surface area contributed by atoms with Crippen molar-refractivity contribution in [2.24, 2.45) is 0 Å². The topological polar surface area (TPSA) is 38.3 Å². The summed E-state index contributed by atoms with van der Waals surface area (Å²) in [4.78, 5) is 11.0. The quantitative estimate of drug-likeness (QED) is 0.920. The van der Waals surface area contributed by atoms with E-state index in [4.69, 9.17) is 16.3 Å². The van der Waals surface area contributed by atoms with Crippen molar-refractivity contribution in [1.29, 1.82) is 0 Å². The maximum atomic E-state index is 11.0. The minimum atomic E-state index is -0.108. The van der Waals surface area contributed by atoms with Crippen LogP contribution in [0.3, 0.4) is 0 Å². The van der Waals surface area contributed by atoms with Crippen LogP contribution in [0, 0.1) is 0 Å². The second kappa shape index (κ2) is 6.25. The molecule has 2 aromatic carbocycles. The molecule has 19 heavy (non-hydrogen) atoms. The number of nitrogens with one attached hydrogen (secondary N) is 1. The molecule has 0 atom stereocenters. The predicted octanol–water partition coefficient (Wildman–Crippen LogP) is 3.88. The average molecular weight is 276 g/mol. The zero-order chi connectivity index (χ0) is 13.7. The highest BCUT2D eigenvalue weighted by Gasteiger charge is 2.02. The number of halogens is 1. The number of benzene rings is 2. The van der Waals surface area contributed by atoms with Gasteiger partial charge in [0.25, 0.3) is 0 Å². The van der Waals surface area contributed by atoms with Crippen LogP contribution >= 0.6 is 11.6 Å². The van der Waals surface area contributed by atoms with E-state index in [-0.39, 0.29) is 5.91 Å². The number of amides is 1. The molecule has 0 spiro atoms. The normalized spacial score (nSPS) is 10.0. The number of carbonyl (C=O) groups is 1. The van der Waals surface area contributed by atoms with Crippen LogP contribution in [0.4, 0.5) is 5.69 Å². The molecule has 0 aliphatic carbocycles. The van der Waals surface area contributed by atoms with Gasteiger partial charge in [-0.15, -0.1) is 0 Å². The highest BCUT2D eigenvalue weighted by molar-refractivity contribution is 6.31. The molecule has 4 heteroatoms. The molecule has 0 fully saturated rings. The van der Waals surface area contributed by atoms with E-state index >= 15 is 0 Å². The Morgan fingerprint density at radius 3 is 2.74 bits per heavy atom. The number of hydrogen-bond acceptors (Lipinski definition) is 2. The summed E-state index contributed by atoms with van der Waals surface area (Å²) < 4.78 is 5.66. The van der Waals surface area contributed by atoms with Crippen LogP contribution in [0.1, 0.15) is 12.5 Å². The summed E-state index contributed by atoms with van der Waals surface area (Å²) in [6.07, 6.45) is 0. The monoisotopic (exact) mass is 275 g/mol. The van der Waals surface area contributed by atoms with E-state index in [1.165, 1.54) is 6.92 Å². The minimum Gasteiger partial charge on any atom is -0.489 e. The van der Waals surface area contributed by atoms with Crippen molar-refractivity contribution < 1.29 is 9.53 Å². The summed E-state index contributed by atoms with van der Waals surface area (Å²) >= 11 is 6.05. The third-order valence-electron chi connectivity index (χ3n) is 2.51. The van der Waals surface area contributed by atoms with Crippen molar-refractivity contribution >= 4 is 23.2 Å². The molecule has 0 unspecified atom stereocenters. The molecule has 0 aliphatic heterocycles. The van der Waals surface area contributed by atoms with Crippen LogP contribution in [0.2, 0.25) is 5.02 Å². The van der Waals surface area contributed by atoms with Crippen LogP contribution < -0.4 is 10.1 Å². The summed E-state index contributed by atoms with van der Waals surface area (Å²) in [5.41, 5.74) is 1.64. The van der Waals surface area contributed by atoms with Crippen molar-refractivity contribution in [1.82, 2.24) is 0 Å². The molecule has 0 aromatic heterocycles. The first-order valence-electron chi connectivity index (χ1n) is 5.89. The third-order valence-corrected chi connectivity index (χ3v) is 2.88. The van der Waals surface area contributed by atoms with E-state index in [0.717, 1.165) is 5.56 Å². The molecule has 2 rings (SSSR count). The molecule has 0 radical (unpaired) electrons. The summed E-state index contributed by atoms with van der Waals surface area (Å²) in [6, 6.07) is 14.8. The molecule has 3 nitrogen and oxygen atoms in total. The smallest absolute Gasteiger partial charge is 0.221 e.